The van der Waals surface area contributed by atoms with Gasteiger partial charge >= 0.3 is 5.97 Å². The Balaban J connectivity index is 1.58. The van der Waals surface area contributed by atoms with Crippen LogP contribution in [0.1, 0.15) is 54.5 Å². The number of likely N-dealkylation sites (tertiary alicyclic amines) is 1. The third-order valence-electron chi connectivity index (χ3n) is 6.62. The number of piperidine rings is 1. The van der Waals surface area contributed by atoms with E-state index in [4.69, 9.17) is 21.4 Å². The number of hydrazone groups is 1. The van der Waals surface area contributed by atoms with E-state index in [1.54, 1.807) is 5.01 Å². The molecule has 7 heteroatoms. The summed E-state index contributed by atoms with van der Waals surface area (Å²) in [5.74, 6) is -0.451. The molecular formula is C27H32ClN3O3. The van der Waals surface area contributed by atoms with Crippen LogP contribution in [0.25, 0.3) is 0 Å². The highest BCUT2D eigenvalue weighted by Gasteiger charge is 2.36. The van der Waals surface area contributed by atoms with Crippen molar-refractivity contribution in [3.05, 3.63) is 69.7 Å². The summed E-state index contributed by atoms with van der Waals surface area (Å²) in [6.45, 7) is 7.83. The quantitative estimate of drug-likeness (QED) is 0.550. The van der Waals surface area contributed by atoms with E-state index >= 15 is 0 Å². The second-order valence-electron chi connectivity index (χ2n) is 9.17. The average molecular weight is 482 g/mol. The first kappa shape index (κ1) is 24.4. The maximum atomic E-state index is 13.6. The van der Waals surface area contributed by atoms with Gasteiger partial charge in [-0.3, -0.25) is 14.5 Å². The normalized spacial score (nSPS) is 20.8. The molecule has 0 saturated carbocycles. The van der Waals surface area contributed by atoms with Crippen LogP contribution in [-0.2, 0) is 14.3 Å². The lowest BCUT2D eigenvalue weighted by Gasteiger charge is -2.32. The summed E-state index contributed by atoms with van der Waals surface area (Å²) < 4.78 is 5.21. The van der Waals surface area contributed by atoms with Gasteiger partial charge in [-0.2, -0.15) is 5.10 Å². The van der Waals surface area contributed by atoms with Crippen LogP contribution in [0.2, 0.25) is 5.02 Å². The van der Waals surface area contributed by atoms with E-state index in [0.717, 1.165) is 47.4 Å². The molecule has 0 N–H and O–H groups in total. The SMILES string of the molecule is CCOC(=O)[C@H]1CCCN(CC(=O)N2N=C(c3cc(C)ccc3C)C[C@H]2c2ccccc2Cl)C1. The molecule has 0 aliphatic carbocycles. The Morgan fingerprint density at radius 1 is 1.18 bits per heavy atom. The Morgan fingerprint density at radius 2 is 1.97 bits per heavy atom. The van der Waals surface area contributed by atoms with Gasteiger partial charge in [0.25, 0.3) is 5.91 Å². The van der Waals surface area contributed by atoms with Crippen LogP contribution >= 0.6 is 11.6 Å². The Labute approximate surface area is 206 Å². The summed E-state index contributed by atoms with van der Waals surface area (Å²) in [7, 11) is 0. The zero-order valence-electron chi connectivity index (χ0n) is 20.1. The summed E-state index contributed by atoms with van der Waals surface area (Å²) in [6.07, 6.45) is 2.26. The summed E-state index contributed by atoms with van der Waals surface area (Å²) in [6, 6.07) is 13.7. The van der Waals surface area contributed by atoms with E-state index in [1.165, 1.54) is 0 Å². The Morgan fingerprint density at radius 3 is 2.74 bits per heavy atom. The lowest BCUT2D eigenvalue weighted by molar-refractivity contribution is -0.150. The fourth-order valence-electron chi connectivity index (χ4n) is 4.85. The molecule has 2 aromatic carbocycles. The maximum Gasteiger partial charge on any atom is 0.310 e. The number of halogens is 1. The topological polar surface area (TPSA) is 62.2 Å². The molecular weight excluding hydrogens is 450 g/mol. The van der Waals surface area contributed by atoms with Gasteiger partial charge in [-0.05, 0) is 63.4 Å². The summed E-state index contributed by atoms with van der Waals surface area (Å²) in [5.41, 5.74) is 5.13. The van der Waals surface area contributed by atoms with E-state index in [1.807, 2.05) is 36.1 Å². The Hall–Kier alpha value is -2.70. The minimum absolute atomic E-state index is 0.0882. The second-order valence-corrected chi connectivity index (χ2v) is 9.58. The van der Waals surface area contributed by atoms with Crippen molar-refractivity contribution in [1.82, 2.24) is 9.91 Å². The number of carbonyl (C=O) groups excluding carboxylic acids is 2. The molecule has 2 heterocycles. The molecule has 2 atom stereocenters. The zero-order valence-corrected chi connectivity index (χ0v) is 20.8. The lowest BCUT2D eigenvalue weighted by atomic mass is 9.95. The minimum atomic E-state index is -0.262. The van der Waals surface area contributed by atoms with E-state index in [9.17, 15) is 9.59 Å². The molecule has 6 nitrogen and oxygen atoms in total. The molecule has 2 aliphatic rings. The van der Waals surface area contributed by atoms with Crippen LogP contribution < -0.4 is 0 Å². The van der Waals surface area contributed by atoms with Gasteiger partial charge in [-0.25, -0.2) is 5.01 Å². The molecule has 34 heavy (non-hydrogen) atoms. The second kappa shape index (κ2) is 10.7. The first-order valence-electron chi connectivity index (χ1n) is 12.0. The van der Waals surface area contributed by atoms with Crippen molar-refractivity contribution < 1.29 is 14.3 Å². The third-order valence-corrected chi connectivity index (χ3v) is 6.96. The molecule has 4 rings (SSSR count). The minimum Gasteiger partial charge on any atom is -0.466 e. The average Bonchev–Trinajstić information content (AvgIpc) is 3.26. The third kappa shape index (κ3) is 5.34. The van der Waals surface area contributed by atoms with Crippen molar-refractivity contribution in [2.45, 2.75) is 46.1 Å². The smallest absolute Gasteiger partial charge is 0.310 e. The Kier molecular flexibility index (Phi) is 7.69. The highest BCUT2D eigenvalue weighted by molar-refractivity contribution is 6.31. The summed E-state index contributed by atoms with van der Waals surface area (Å²) in [4.78, 5) is 27.8. The summed E-state index contributed by atoms with van der Waals surface area (Å²) in [5, 5.41) is 7.06. The van der Waals surface area contributed by atoms with E-state index < -0.39 is 0 Å². The largest absolute Gasteiger partial charge is 0.466 e. The number of esters is 1. The van der Waals surface area contributed by atoms with Crippen molar-refractivity contribution in [1.29, 1.82) is 0 Å². The van der Waals surface area contributed by atoms with Gasteiger partial charge in [0.1, 0.15) is 0 Å². The molecule has 0 aromatic heterocycles. The molecule has 1 saturated heterocycles. The molecule has 1 amide bonds. The van der Waals surface area contributed by atoms with Gasteiger partial charge in [0, 0.05) is 23.6 Å². The fourth-order valence-corrected chi connectivity index (χ4v) is 5.11. The number of benzene rings is 2. The summed E-state index contributed by atoms with van der Waals surface area (Å²) >= 11 is 6.55. The first-order valence-corrected chi connectivity index (χ1v) is 12.4. The van der Waals surface area contributed by atoms with Gasteiger partial charge in [0.2, 0.25) is 0 Å². The molecule has 0 unspecified atom stereocenters. The number of carbonyl (C=O) groups is 2. The van der Waals surface area contributed by atoms with Crippen molar-refractivity contribution in [3.8, 4) is 0 Å². The van der Waals surface area contributed by atoms with Crippen LogP contribution in [0.5, 0.6) is 0 Å². The number of ether oxygens (including phenoxy) is 1. The molecule has 2 aromatic rings. The van der Waals surface area contributed by atoms with Crippen molar-refractivity contribution in [2.75, 3.05) is 26.2 Å². The van der Waals surface area contributed by atoms with Gasteiger partial charge in [0.05, 0.1) is 30.8 Å². The van der Waals surface area contributed by atoms with Gasteiger partial charge in [0.15, 0.2) is 0 Å². The number of hydrogen-bond donors (Lipinski definition) is 0. The van der Waals surface area contributed by atoms with Crippen molar-refractivity contribution in [3.63, 3.8) is 0 Å². The van der Waals surface area contributed by atoms with E-state index in [-0.39, 0.29) is 30.4 Å². The van der Waals surface area contributed by atoms with Crippen LogP contribution in [0.4, 0.5) is 0 Å². The number of aryl methyl sites for hydroxylation is 2. The number of nitrogens with zero attached hydrogens (tertiary/aromatic N) is 3. The van der Waals surface area contributed by atoms with Crippen molar-refractivity contribution in [2.24, 2.45) is 11.0 Å². The van der Waals surface area contributed by atoms with Crippen molar-refractivity contribution >= 4 is 29.2 Å². The fraction of sp³-hybridized carbons (Fsp3) is 0.444. The van der Waals surface area contributed by atoms with E-state index in [0.29, 0.717) is 24.6 Å². The number of amides is 1. The molecule has 2 aliphatic heterocycles. The Bertz CT molecular complexity index is 1100. The van der Waals surface area contributed by atoms with Crippen LogP contribution in [0, 0.1) is 19.8 Å². The number of hydrogen-bond acceptors (Lipinski definition) is 5. The molecule has 0 radical (unpaired) electrons. The predicted octanol–water partition coefficient (Wildman–Crippen LogP) is 4.91. The van der Waals surface area contributed by atoms with Gasteiger partial charge < -0.3 is 4.74 Å². The molecule has 180 valence electrons. The van der Waals surface area contributed by atoms with Gasteiger partial charge in [-0.1, -0.05) is 47.5 Å². The molecule has 0 spiro atoms. The maximum absolute atomic E-state index is 13.6. The zero-order chi connectivity index (χ0) is 24.2. The van der Waals surface area contributed by atoms with Crippen LogP contribution in [0.3, 0.4) is 0 Å². The molecule has 0 bridgehead atoms. The standard InChI is InChI=1S/C27H32ClN3O3/c1-4-34-27(33)20-8-7-13-30(16-20)17-26(32)31-25(21-9-5-6-10-23(21)28)15-24(29-31)22-14-18(2)11-12-19(22)3/h5-6,9-12,14,20,25H,4,7-8,13,15-17H2,1-3H3/t20-,25-/m0/s1. The highest BCUT2D eigenvalue weighted by Crippen LogP contribution is 2.37. The van der Waals surface area contributed by atoms with Gasteiger partial charge in [-0.15, -0.1) is 0 Å². The number of rotatable bonds is 6. The highest BCUT2D eigenvalue weighted by atomic mass is 35.5. The van der Waals surface area contributed by atoms with E-state index in [2.05, 4.69) is 32.0 Å². The predicted molar refractivity (Wildman–Crippen MR) is 134 cm³/mol. The molecule has 1 fully saturated rings. The van der Waals surface area contributed by atoms with Crippen LogP contribution in [0.15, 0.2) is 47.6 Å². The lowest BCUT2D eigenvalue weighted by Crippen LogP contribution is -2.44. The van der Waals surface area contributed by atoms with Crippen LogP contribution in [-0.4, -0.2) is 53.7 Å². The first-order chi connectivity index (χ1) is 16.4. The monoisotopic (exact) mass is 481 g/mol.